The lowest BCUT2D eigenvalue weighted by Crippen LogP contribution is -2.04. The van der Waals surface area contributed by atoms with Gasteiger partial charge in [-0.25, -0.2) is 4.79 Å². The summed E-state index contributed by atoms with van der Waals surface area (Å²) >= 11 is 0. The maximum Gasteiger partial charge on any atom is 0.338 e. The Hall–Kier alpha value is -3.08. The summed E-state index contributed by atoms with van der Waals surface area (Å²) in [5, 5.41) is 0. The molecule has 0 N–H and O–H groups in total. The number of rotatable bonds is 12. The van der Waals surface area contributed by atoms with E-state index in [1.54, 1.807) is 20.2 Å². The Labute approximate surface area is 194 Å². The van der Waals surface area contributed by atoms with Gasteiger partial charge in [0, 0.05) is 26.7 Å². The van der Waals surface area contributed by atoms with Crippen LogP contribution in [0.1, 0.15) is 65.4 Å². The van der Waals surface area contributed by atoms with Crippen molar-refractivity contribution in [1.82, 2.24) is 0 Å². The first kappa shape index (κ1) is 28.9. The Morgan fingerprint density at radius 1 is 1.09 bits per heavy atom. The molecule has 0 aromatic heterocycles. The average molecular weight is 442 g/mol. The lowest BCUT2D eigenvalue weighted by Gasteiger charge is -2.07. The number of hydrogen-bond acceptors (Lipinski definition) is 5. The molecule has 0 heterocycles. The maximum atomic E-state index is 12.1. The third-order valence-electron chi connectivity index (χ3n) is 4.52. The van der Waals surface area contributed by atoms with Crippen molar-refractivity contribution >= 4 is 29.3 Å². The quantitative estimate of drug-likeness (QED) is 0.131. The van der Waals surface area contributed by atoms with Gasteiger partial charge in [0.1, 0.15) is 5.78 Å². The number of methoxy groups -OCH3 is 1. The highest BCUT2D eigenvalue weighted by atomic mass is 16.5. The fraction of sp³-hybridized carbons (Fsp3) is 0.407. The predicted molar refractivity (Wildman–Crippen MR) is 135 cm³/mol. The number of ketones is 2. The number of Topliss-reactive ketones (excluding diaryl/α,β-unsaturated/α-hetero) is 2. The molecule has 0 radical (unpaired) electrons. The second-order valence-corrected chi connectivity index (χ2v) is 7.26. The van der Waals surface area contributed by atoms with Crippen LogP contribution in [0, 0.1) is 0 Å². The van der Waals surface area contributed by atoms with Crippen LogP contribution in [0.2, 0.25) is 0 Å². The number of hydrogen-bond donors (Lipinski definition) is 0. The molecule has 0 saturated carbocycles. The van der Waals surface area contributed by atoms with Gasteiger partial charge in [-0.1, -0.05) is 49.4 Å². The summed E-state index contributed by atoms with van der Waals surface area (Å²) in [6.45, 7) is 8.64. The van der Waals surface area contributed by atoms with Gasteiger partial charge in [0.15, 0.2) is 5.78 Å². The first-order valence-corrected chi connectivity index (χ1v) is 10.9. The number of allylic oxidation sites excluding steroid dienone is 4. The van der Waals surface area contributed by atoms with Gasteiger partial charge in [0.25, 0.3) is 0 Å². The topological polar surface area (TPSA) is 72.8 Å². The van der Waals surface area contributed by atoms with E-state index in [9.17, 15) is 14.4 Å². The van der Waals surface area contributed by atoms with Crippen molar-refractivity contribution in [3.63, 3.8) is 0 Å². The summed E-state index contributed by atoms with van der Waals surface area (Å²) in [6, 6.07) is 7.62. The molecule has 0 fully saturated rings. The van der Waals surface area contributed by atoms with Gasteiger partial charge in [0.05, 0.1) is 12.7 Å². The number of ether oxygens (including phenoxy) is 1. The number of aliphatic imine (C=N–C) groups is 1. The first-order chi connectivity index (χ1) is 15.3. The van der Waals surface area contributed by atoms with Crippen molar-refractivity contribution in [2.24, 2.45) is 4.99 Å². The maximum absolute atomic E-state index is 12.1. The molecule has 5 heteroatoms. The number of carbonyl (C=O) groups excluding carboxylic acids is 3. The molecule has 0 aliphatic heterocycles. The molecule has 0 aliphatic rings. The minimum absolute atomic E-state index is 0. The number of nitrogens with zero attached hydrogens (tertiary/aromatic N) is 1. The summed E-state index contributed by atoms with van der Waals surface area (Å²) < 4.78 is 4.90. The molecular weight excluding hydrogens is 402 g/mol. The first-order valence-electron chi connectivity index (χ1n) is 10.9. The smallest absolute Gasteiger partial charge is 0.338 e. The van der Waals surface area contributed by atoms with Crippen LogP contribution in [0.15, 0.2) is 59.6 Å². The average Bonchev–Trinajstić information content (AvgIpc) is 2.78. The van der Waals surface area contributed by atoms with Crippen molar-refractivity contribution in [1.29, 1.82) is 0 Å². The lowest BCUT2D eigenvalue weighted by molar-refractivity contribution is -0.133. The van der Waals surface area contributed by atoms with Crippen LogP contribution in [0.4, 0.5) is 0 Å². The van der Waals surface area contributed by atoms with Crippen molar-refractivity contribution < 1.29 is 20.5 Å². The van der Waals surface area contributed by atoms with Crippen LogP contribution in [-0.4, -0.2) is 37.9 Å². The molecule has 32 heavy (non-hydrogen) atoms. The Kier molecular flexibility index (Phi) is 15.9. The molecule has 0 spiro atoms. The zero-order valence-corrected chi connectivity index (χ0v) is 20.1. The van der Waals surface area contributed by atoms with Crippen LogP contribution in [0.5, 0.6) is 0 Å². The van der Waals surface area contributed by atoms with Crippen molar-refractivity contribution in [3.8, 4) is 0 Å². The minimum atomic E-state index is -0.378. The van der Waals surface area contributed by atoms with E-state index in [2.05, 4.69) is 18.5 Å². The molecule has 1 rings (SSSR count). The number of benzene rings is 1. The fourth-order valence-corrected chi connectivity index (χ4v) is 2.67. The molecule has 1 aromatic carbocycles. The monoisotopic (exact) mass is 441 g/mol. The second-order valence-electron chi connectivity index (χ2n) is 7.26. The van der Waals surface area contributed by atoms with E-state index in [0.717, 1.165) is 30.4 Å². The lowest BCUT2D eigenvalue weighted by atomic mass is 10.00. The zero-order valence-electron chi connectivity index (χ0n) is 20.1. The van der Waals surface area contributed by atoms with Crippen molar-refractivity contribution in [2.75, 3.05) is 14.2 Å². The molecule has 0 saturated heterocycles. The Bertz CT molecular complexity index is 836. The van der Waals surface area contributed by atoms with Gasteiger partial charge < -0.3 is 9.53 Å². The molecule has 1 aromatic rings. The van der Waals surface area contributed by atoms with E-state index >= 15 is 0 Å². The van der Waals surface area contributed by atoms with Gasteiger partial charge in [-0.15, -0.1) is 6.58 Å². The van der Waals surface area contributed by atoms with E-state index in [4.69, 9.17) is 4.74 Å². The highest BCUT2D eigenvalue weighted by Crippen LogP contribution is 2.19. The molecule has 0 bridgehead atoms. The zero-order chi connectivity index (χ0) is 24.4. The summed E-state index contributed by atoms with van der Waals surface area (Å²) in [5.41, 5.74) is 2.91. The van der Waals surface area contributed by atoms with Crippen LogP contribution >= 0.6 is 0 Å². The third-order valence-corrected chi connectivity index (χ3v) is 4.52. The normalized spacial score (nSPS) is 11.5. The van der Waals surface area contributed by atoms with E-state index in [1.807, 2.05) is 42.5 Å². The van der Waals surface area contributed by atoms with Gasteiger partial charge in [-0.05, 0) is 57.1 Å². The van der Waals surface area contributed by atoms with E-state index < -0.39 is 0 Å². The van der Waals surface area contributed by atoms with Crippen molar-refractivity contribution in [2.45, 2.75) is 59.3 Å². The predicted octanol–water partition coefficient (Wildman–Crippen LogP) is 5.98. The highest BCUT2D eigenvalue weighted by molar-refractivity contribution is 6.16. The SMILES string of the molecule is C=CCC.CN=C/C(=C\Cc1ccc(/C(=C/CCCCC(C)=O)C(=O)OC)cc1)C(C)=O.[HH]. The number of unbranched alkanes of at least 4 members (excludes halogenated alkanes) is 2. The summed E-state index contributed by atoms with van der Waals surface area (Å²) in [4.78, 5) is 38.6. The van der Waals surface area contributed by atoms with E-state index in [-0.39, 0.29) is 19.0 Å². The van der Waals surface area contributed by atoms with E-state index in [0.29, 0.717) is 30.4 Å². The largest absolute Gasteiger partial charge is 0.465 e. The molecule has 176 valence electrons. The van der Waals surface area contributed by atoms with Gasteiger partial charge in [-0.2, -0.15) is 0 Å². The van der Waals surface area contributed by atoms with Crippen LogP contribution < -0.4 is 0 Å². The fourth-order valence-electron chi connectivity index (χ4n) is 2.67. The molecule has 0 aliphatic carbocycles. The molecule has 0 atom stereocenters. The van der Waals surface area contributed by atoms with Crippen LogP contribution in [0.3, 0.4) is 0 Å². The van der Waals surface area contributed by atoms with Crippen LogP contribution in [-0.2, 0) is 25.5 Å². The summed E-state index contributed by atoms with van der Waals surface area (Å²) in [6.07, 6.45) is 11.8. The Balaban J connectivity index is 0. The third kappa shape index (κ3) is 12.6. The van der Waals surface area contributed by atoms with E-state index in [1.165, 1.54) is 14.0 Å². The van der Waals surface area contributed by atoms with Gasteiger partial charge in [-0.3, -0.25) is 9.79 Å². The summed E-state index contributed by atoms with van der Waals surface area (Å²) in [7, 11) is 3.00. The summed E-state index contributed by atoms with van der Waals surface area (Å²) in [5.74, 6) is -0.222. The molecule has 5 nitrogen and oxygen atoms in total. The molecular formula is C27H39NO4. The number of esters is 1. The van der Waals surface area contributed by atoms with Crippen LogP contribution in [0.25, 0.3) is 5.57 Å². The van der Waals surface area contributed by atoms with Gasteiger partial charge >= 0.3 is 5.97 Å². The second kappa shape index (κ2) is 17.6. The molecule has 0 amide bonds. The minimum Gasteiger partial charge on any atom is -0.465 e. The standard InChI is InChI=1S/C23H29NO4.C4H8.H2/c1-17(25)8-6-5-7-9-22(23(27)28-4)20-13-10-19(11-14-20)12-15-21(16-24-3)18(2)26;1-3-4-2;/h9-11,13-16H,5-8,12H2,1-4H3;3H,1,4H2,2H3;1H/b21-15+,22-9-,24-16?;;. The Morgan fingerprint density at radius 2 is 1.72 bits per heavy atom. The highest BCUT2D eigenvalue weighted by Gasteiger charge is 2.12. The van der Waals surface area contributed by atoms with Crippen molar-refractivity contribution in [3.05, 3.63) is 65.8 Å². The molecule has 0 unspecified atom stereocenters. The number of carbonyl (C=O) groups is 3. The Morgan fingerprint density at radius 3 is 2.19 bits per heavy atom. The van der Waals surface area contributed by atoms with Gasteiger partial charge in [0.2, 0.25) is 0 Å².